The standard InChI is InChI=1S/C18H26N4O3/c23-15-6-8-18(12-22(15)13-4-1-2-5-13)7-3-9-21(11-18)16(24)14-10-19-17(25)20-14/h10,13H,1-9,11-12H2,(H2,19,20,25). The summed E-state index contributed by atoms with van der Waals surface area (Å²) in [5.41, 5.74) is -0.0200. The summed E-state index contributed by atoms with van der Waals surface area (Å²) in [6.45, 7) is 2.17. The monoisotopic (exact) mass is 346 g/mol. The Morgan fingerprint density at radius 2 is 1.92 bits per heavy atom. The van der Waals surface area contributed by atoms with Gasteiger partial charge in [0.1, 0.15) is 5.69 Å². The van der Waals surface area contributed by atoms with Crippen molar-refractivity contribution in [3.05, 3.63) is 22.4 Å². The van der Waals surface area contributed by atoms with Gasteiger partial charge in [-0.25, -0.2) is 4.79 Å². The Balaban J connectivity index is 1.50. The maximum Gasteiger partial charge on any atom is 0.323 e. The highest BCUT2D eigenvalue weighted by Crippen LogP contribution is 2.41. The van der Waals surface area contributed by atoms with Crippen molar-refractivity contribution in [3.63, 3.8) is 0 Å². The van der Waals surface area contributed by atoms with Crippen LogP contribution < -0.4 is 5.69 Å². The van der Waals surface area contributed by atoms with Crippen molar-refractivity contribution < 1.29 is 9.59 Å². The van der Waals surface area contributed by atoms with Crippen molar-refractivity contribution in [3.8, 4) is 0 Å². The van der Waals surface area contributed by atoms with Crippen molar-refractivity contribution >= 4 is 11.8 Å². The number of rotatable bonds is 2. The lowest BCUT2D eigenvalue weighted by atomic mass is 9.73. The maximum atomic E-state index is 12.7. The number of H-pyrrole nitrogens is 2. The summed E-state index contributed by atoms with van der Waals surface area (Å²) < 4.78 is 0. The van der Waals surface area contributed by atoms with Gasteiger partial charge in [-0.3, -0.25) is 9.59 Å². The first-order valence-corrected chi connectivity index (χ1v) is 9.43. The number of amides is 2. The van der Waals surface area contributed by atoms with E-state index in [9.17, 15) is 14.4 Å². The minimum atomic E-state index is -0.356. The summed E-state index contributed by atoms with van der Waals surface area (Å²) in [4.78, 5) is 45.4. The van der Waals surface area contributed by atoms with E-state index in [-0.39, 0.29) is 22.9 Å². The van der Waals surface area contributed by atoms with Crippen LogP contribution in [0.3, 0.4) is 0 Å². The van der Waals surface area contributed by atoms with Crippen molar-refractivity contribution in [1.29, 1.82) is 0 Å². The molecule has 3 fully saturated rings. The zero-order valence-electron chi connectivity index (χ0n) is 14.6. The zero-order valence-corrected chi connectivity index (χ0v) is 14.6. The van der Waals surface area contributed by atoms with Gasteiger partial charge in [0.2, 0.25) is 5.91 Å². The Morgan fingerprint density at radius 1 is 1.12 bits per heavy atom. The number of hydrogen-bond donors (Lipinski definition) is 2. The highest BCUT2D eigenvalue weighted by Gasteiger charge is 2.44. The lowest BCUT2D eigenvalue weighted by Crippen LogP contribution is -2.57. The van der Waals surface area contributed by atoms with Crippen molar-refractivity contribution in [2.45, 2.75) is 57.4 Å². The molecule has 2 N–H and O–H groups in total. The van der Waals surface area contributed by atoms with Crippen LogP contribution in [0.5, 0.6) is 0 Å². The second kappa shape index (κ2) is 6.35. The van der Waals surface area contributed by atoms with Crippen LogP contribution in [-0.4, -0.2) is 57.3 Å². The minimum absolute atomic E-state index is 0.0149. The molecular weight excluding hydrogens is 320 g/mol. The highest BCUT2D eigenvalue weighted by molar-refractivity contribution is 5.92. The molecule has 0 aromatic carbocycles. The van der Waals surface area contributed by atoms with Crippen LogP contribution in [0.15, 0.2) is 11.0 Å². The molecule has 2 aliphatic heterocycles. The van der Waals surface area contributed by atoms with Crippen LogP contribution in [-0.2, 0) is 4.79 Å². The fraction of sp³-hybridized carbons (Fsp3) is 0.722. The molecule has 2 saturated heterocycles. The molecule has 1 unspecified atom stereocenters. The second-order valence-corrected chi connectivity index (χ2v) is 7.95. The molecule has 7 heteroatoms. The van der Waals surface area contributed by atoms with E-state index in [0.717, 1.165) is 38.6 Å². The van der Waals surface area contributed by atoms with E-state index in [2.05, 4.69) is 14.9 Å². The van der Waals surface area contributed by atoms with Crippen molar-refractivity contribution in [2.24, 2.45) is 5.41 Å². The summed E-state index contributed by atoms with van der Waals surface area (Å²) in [6, 6.07) is 0.400. The number of hydrogen-bond acceptors (Lipinski definition) is 3. The van der Waals surface area contributed by atoms with Gasteiger partial charge in [0.15, 0.2) is 0 Å². The first-order valence-electron chi connectivity index (χ1n) is 9.43. The normalized spacial score (nSPS) is 28.1. The molecule has 7 nitrogen and oxygen atoms in total. The minimum Gasteiger partial charge on any atom is -0.339 e. The number of nitrogens with zero attached hydrogens (tertiary/aromatic N) is 2. The molecule has 1 aromatic heterocycles. The first kappa shape index (κ1) is 16.4. The molecular formula is C18H26N4O3. The summed E-state index contributed by atoms with van der Waals surface area (Å²) in [6.07, 6.45) is 9.59. The predicted molar refractivity (Wildman–Crippen MR) is 92.2 cm³/mol. The number of carbonyl (C=O) groups is 2. The SMILES string of the molecule is O=C(c1c[nH]c(=O)[nH]1)N1CCCC2(CCC(=O)N(C3CCCC3)C2)C1. The van der Waals surface area contributed by atoms with Gasteiger partial charge in [-0.1, -0.05) is 12.8 Å². The van der Waals surface area contributed by atoms with E-state index in [1.807, 2.05) is 4.90 Å². The topological polar surface area (TPSA) is 89.3 Å². The number of aromatic amines is 2. The van der Waals surface area contributed by atoms with Gasteiger partial charge in [-0.2, -0.15) is 0 Å². The number of piperidine rings is 2. The lowest BCUT2D eigenvalue weighted by molar-refractivity contribution is -0.142. The Labute approximate surface area is 146 Å². The quantitative estimate of drug-likeness (QED) is 0.850. The van der Waals surface area contributed by atoms with E-state index in [1.165, 1.54) is 19.0 Å². The smallest absolute Gasteiger partial charge is 0.323 e. The highest BCUT2D eigenvalue weighted by atomic mass is 16.2. The molecule has 2 amide bonds. The molecule has 3 heterocycles. The summed E-state index contributed by atoms with van der Waals surface area (Å²) in [7, 11) is 0. The van der Waals surface area contributed by atoms with E-state index < -0.39 is 0 Å². The van der Waals surface area contributed by atoms with Crippen LogP contribution in [0.25, 0.3) is 0 Å². The van der Waals surface area contributed by atoms with Crippen molar-refractivity contribution in [1.82, 2.24) is 19.8 Å². The second-order valence-electron chi connectivity index (χ2n) is 7.95. The maximum absolute atomic E-state index is 12.7. The predicted octanol–water partition coefficient (Wildman–Crippen LogP) is 1.49. The third-order valence-electron chi connectivity index (χ3n) is 6.24. The third-order valence-corrected chi connectivity index (χ3v) is 6.24. The third kappa shape index (κ3) is 3.12. The Bertz CT molecular complexity index is 718. The Morgan fingerprint density at radius 3 is 2.64 bits per heavy atom. The molecule has 0 bridgehead atoms. The Hall–Kier alpha value is -2.05. The van der Waals surface area contributed by atoms with Crippen LogP contribution >= 0.6 is 0 Å². The molecule has 1 atom stereocenters. The number of likely N-dealkylation sites (tertiary alicyclic amines) is 2. The molecule has 1 saturated carbocycles. The molecule has 1 aliphatic carbocycles. The number of imidazole rings is 1. The van der Waals surface area contributed by atoms with Crippen LogP contribution in [0.2, 0.25) is 0 Å². The van der Waals surface area contributed by atoms with Gasteiger partial charge < -0.3 is 19.8 Å². The van der Waals surface area contributed by atoms with E-state index in [4.69, 9.17) is 0 Å². The van der Waals surface area contributed by atoms with Gasteiger partial charge in [0, 0.05) is 43.7 Å². The molecule has 1 aromatic rings. The van der Waals surface area contributed by atoms with Gasteiger partial charge in [0.25, 0.3) is 5.91 Å². The van der Waals surface area contributed by atoms with Crippen LogP contribution in [0.1, 0.15) is 61.9 Å². The van der Waals surface area contributed by atoms with Gasteiger partial charge in [-0.05, 0) is 32.1 Å². The largest absolute Gasteiger partial charge is 0.339 e. The molecule has 25 heavy (non-hydrogen) atoms. The Kier molecular flexibility index (Phi) is 4.17. The average Bonchev–Trinajstić information content (AvgIpc) is 3.28. The van der Waals surface area contributed by atoms with Crippen LogP contribution in [0.4, 0.5) is 0 Å². The number of nitrogens with one attached hydrogen (secondary N) is 2. The summed E-state index contributed by atoms with van der Waals surface area (Å²) in [5, 5.41) is 0. The van der Waals surface area contributed by atoms with E-state index in [1.54, 1.807) is 0 Å². The molecule has 0 radical (unpaired) electrons. The average molecular weight is 346 g/mol. The molecule has 136 valence electrons. The van der Waals surface area contributed by atoms with Gasteiger partial charge in [-0.15, -0.1) is 0 Å². The fourth-order valence-corrected chi connectivity index (χ4v) is 4.93. The van der Waals surface area contributed by atoms with E-state index in [0.29, 0.717) is 31.2 Å². The fourth-order valence-electron chi connectivity index (χ4n) is 4.93. The van der Waals surface area contributed by atoms with Gasteiger partial charge >= 0.3 is 5.69 Å². The van der Waals surface area contributed by atoms with E-state index >= 15 is 0 Å². The van der Waals surface area contributed by atoms with Gasteiger partial charge in [0.05, 0.1) is 0 Å². The zero-order chi connectivity index (χ0) is 17.4. The number of carbonyl (C=O) groups excluding carboxylic acids is 2. The first-order chi connectivity index (χ1) is 12.1. The van der Waals surface area contributed by atoms with Crippen LogP contribution in [0, 0.1) is 5.41 Å². The lowest BCUT2D eigenvalue weighted by Gasteiger charge is -2.49. The summed E-state index contributed by atoms with van der Waals surface area (Å²) in [5.74, 6) is 0.165. The van der Waals surface area contributed by atoms with Crippen molar-refractivity contribution in [2.75, 3.05) is 19.6 Å². The number of aromatic nitrogens is 2. The summed E-state index contributed by atoms with van der Waals surface area (Å²) >= 11 is 0. The molecule has 3 aliphatic rings. The molecule has 1 spiro atoms. The molecule has 4 rings (SSSR count).